The van der Waals surface area contributed by atoms with Gasteiger partial charge in [0, 0.05) is 36.8 Å². The van der Waals surface area contributed by atoms with E-state index < -0.39 is 0 Å². The van der Waals surface area contributed by atoms with Gasteiger partial charge in [0.25, 0.3) is 0 Å². The van der Waals surface area contributed by atoms with Gasteiger partial charge in [0.15, 0.2) is 10.6 Å². The zero-order valence-corrected chi connectivity index (χ0v) is 17.1. The molecule has 1 aliphatic rings. The van der Waals surface area contributed by atoms with Crippen LogP contribution in [0.1, 0.15) is 0 Å². The van der Waals surface area contributed by atoms with Crippen molar-refractivity contribution in [2.45, 2.75) is 6.54 Å². The summed E-state index contributed by atoms with van der Waals surface area (Å²) in [6.45, 7) is 2.29. The Morgan fingerprint density at radius 2 is 1.79 bits per heavy atom. The number of benzene rings is 2. The van der Waals surface area contributed by atoms with E-state index in [1.54, 1.807) is 33.7 Å². The predicted molar refractivity (Wildman–Crippen MR) is 113 cm³/mol. The van der Waals surface area contributed by atoms with Crippen molar-refractivity contribution in [2.24, 2.45) is 0 Å². The first-order chi connectivity index (χ1) is 14.0. The molecule has 0 atom stereocenters. The number of carbonyl (C=O) groups is 1. The van der Waals surface area contributed by atoms with E-state index in [-0.39, 0.29) is 18.3 Å². The lowest BCUT2D eigenvalue weighted by Crippen LogP contribution is -2.49. The number of piperazine rings is 1. The van der Waals surface area contributed by atoms with Crippen LogP contribution in [0.3, 0.4) is 0 Å². The predicted octanol–water partition coefficient (Wildman–Crippen LogP) is 3.75. The summed E-state index contributed by atoms with van der Waals surface area (Å²) >= 11 is 11.3. The van der Waals surface area contributed by atoms with E-state index in [0.29, 0.717) is 47.5 Å². The highest BCUT2D eigenvalue weighted by atomic mass is 35.5. The number of hydrogen-bond donors (Lipinski definition) is 1. The first kappa shape index (κ1) is 19.6. The first-order valence-corrected chi connectivity index (χ1v) is 10.00. The molecule has 1 amide bonds. The summed E-state index contributed by atoms with van der Waals surface area (Å²) in [6, 6.07) is 13.9. The molecule has 0 bridgehead atoms. The molecule has 2 aromatic carbocycles. The zero-order valence-electron chi connectivity index (χ0n) is 15.5. The second-order valence-corrected chi connectivity index (χ2v) is 7.59. The summed E-state index contributed by atoms with van der Waals surface area (Å²) in [7, 11) is 0. The molecule has 9 heteroatoms. The Morgan fingerprint density at radius 3 is 2.48 bits per heavy atom. The van der Waals surface area contributed by atoms with Crippen LogP contribution in [0.2, 0.25) is 5.02 Å². The van der Waals surface area contributed by atoms with Crippen molar-refractivity contribution in [1.82, 2.24) is 19.7 Å². The summed E-state index contributed by atoms with van der Waals surface area (Å²) in [5.74, 6) is 0.292. The minimum absolute atomic E-state index is 0.0501. The van der Waals surface area contributed by atoms with E-state index in [1.807, 2.05) is 23.1 Å². The number of nitrogens with one attached hydrogen (secondary N) is 1. The fourth-order valence-electron chi connectivity index (χ4n) is 3.42. The normalized spacial score (nSPS) is 14.3. The Hall–Kier alpha value is -2.71. The van der Waals surface area contributed by atoms with Gasteiger partial charge in [-0.1, -0.05) is 23.7 Å². The smallest absolute Gasteiger partial charge is 0.242 e. The third kappa shape index (κ3) is 4.18. The highest BCUT2D eigenvalue weighted by Crippen LogP contribution is 2.22. The molecule has 1 N–H and O–H groups in total. The minimum Gasteiger partial charge on any atom is -0.366 e. The molecule has 1 aliphatic heterocycles. The SMILES string of the molecule is O=C(Cn1c(-c2ccc(Cl)cc2)n[nH]c1=S)N1CCN(c2ccccc2F)CC1. The van der Waals surface area contributed by atoms with Crippen LogP contribution in [0.5, 0.6) is 0 Å². The number of para-hydroxylation sites is 1. The molecule has 29 heavy (non-hydrogen) atoms. The number of halogens is 2. The first-order valence-electron chi connectivity index (χ1n) is 9.21. The maximum absolute atomic E-state index is 14.0. The maximum atomic E-state index is 14.0. The maximum Gasteiger partial charge on any atom is 0.242 e. The number of aromatic amines is 1. The van der Waals surface area contributed by atoms with Crippen molar-refractivity contribution >= 4 is 35.4 Å². The summed E-state index contributed by atoms with van der Waals surface area (Å²) < 4.78 is 16.1. The van der Waals surface area contributed by atoms with E-state index in [2.05, 4.69) is 10.2 Å². The highest BCUT2D eigenvalue weighted by Gasteiger charge is 2.24. The van der Waals surface area contributed by atoms with Gasteiger partial charge in [-0.15, -0.1) is 0 Å². The molecule has 1 saturated heterocycles. The van der Waals surface area contributed by atoms with Crippen molar-refractivity contribution < 1.29 is 9.18 Å². The van der Waals surface area contributed by atoms with Crippen LogP contribution in [0.15, 0.2) is 48.5 Å². The monoisotopic (exact) mass is 431 g/mol. The zero-order chi connectivity index (χ0) is 20.4. The van der Waals surface area contributed by atoms with Crippen LogP contribution in [-0.2, 0) is 11.3 Å². The van der Waals surface area contributed by atoms with Gasteiger partial charge in [-0.3, -0.25) is 14.5 Å². The Bertz CT molecular complexity index is 1070. The van der Waals surface area contributed by atoms with E-state index in [0.717, 1.165) is 5.56 Å². The molecule has 0 spiro atoms. The van der Waals surface area contributed by atoms with Crippen molar-refractivity contribution in [1.29, 1.82) is 0 Å². The fraction of sp³-hybridized carbons (Fsp3) is 0.250. The number of anilines is 1. The molecular formula is C20H19ClFN5OS. The molecule has 0 radical (unpaired) electrons. The molecule has 0 saturated carbocycles. The Labute approximate surface area is 177 Å². The molecule has 150 valence electrons. The standard InChI is InChI=1S/C20H19ClFN5OS/c21-15-7-5-14(6-8-15)19-23-24-20(29)27(19)13-18(28)26-11-9-25(10-12-26)17-4-2-1-3-16(17)22/h1-8H,9-13H2,(H,24,29). The second-order valence-electron chi connectivity index (χ2n) is 6.76. The van der Waals surface area contributed by atoms with Crippen LogP contribution < -0.4 is 4.90 Å². The van der Waals surface area contributed by atoms with Crippen LogP contribution in [0.4, 0.5) is 10.1 Å². The lowest BCUT2D eigenvalue weighted by atomic mass is 10.2. The summed E-state index contributed by atoms with van der Waals surface area (Å²) in [6.07, 6.45) is 0. The topological polar surface area (TPSA) is 57.2 Å². The largest absolute Gasteiger partial charge is 0.366 e. The quantitative estimate of drug-likeness (QED) is 0.639. The molecule has 3 aromatic rings. The number of H-pyrrole nitrogens is 1. The Morgan fingerprint density at radius 1 is 1.10 bits per heavy atom. The fourth-order valence-corrected chi connectivity index (χ4v) is 3.75. The van der Waals surface area contributed by atoms with Gasteiger partial charge in [0.2, 0.25) is 5.91 Å². The van der Waals surface area contributed by atoms with E-state index in [9.17, 15) is 9.18 Å². The van der Waals surface area contributed by atoms with E-state index >= 15 is 0 Å². The molecule has 1 fully saturated rings. The number of aromatic nitrogens is 3. The van der Waals surface area contributed by atoms with Gasteiger partial charge >= 0.3 is 0 Å². The van der Waals surface area contributed by atoms with Crippen LogP contribution in [0, 0.1) is 10.6 Å². The molecular weight excluding hydrogens is 413 g/mol. The number of nitrogens with zero attached hydrogens (tertiary/aromatic N) is 4. The van der Waals surface area contributed by atoms with Gasteiger partial charge in [0.1, 0.15) is 12.4 Å². The van der Waals surface area contributed by atoms with Crippen molar-refractivity contribution in [3.05, 3.63) is 64.1 Å². The Kier molecular flexibility index (Phi) is 5.64. The molecule has 0 unspecified atom stereocenters. The molecule has 0 aliphatic carbocycles. The van der Waals surface area contributed by atoms with Crippen LogP contribution in [0.25, 0.3) is 11.4 Å². The van der Waals surface area contributed by atoms with Crippen molar-refractivity contribution in [3.8, 4) is 11.4 Å². The molecule has 4 rings (SSSR count). The second kappa shape index (κ2) is 8.34. The third-order valence-electron chi connectivity index (χ3n) is 4.98. The number of amides is 1. The average molecular weight is 432 g/mol. The van der Waals surface area contributed by atoms with Gasteiger partial charge in [-0.2, -0.15) is 5.10 Å². The molecule has 2 heterocycles. The molecule has 6 nitrogen and oxygen atoms in total. The number of rotatable bonds is 4. The van der Waals surface area contributed by atoms with Gasteiger partial charge in [-0.05, 0) is 48.6 Å². The van der Waals surface area contributed by atoms with Crippen molar-refractivity contribution in [3.63, 3.8) is 0 Å². The summed E-state index contributed by atoms with van der Waals surface area (Å²) in [4.78, 5) is 16.6. The van der Waals surface area contributed by atoms with E-state index in [1.165, 1.54) is 6.07 Å². The Balaban J connectivity index is 1.45. The van der Waals surface area contributed by atoms with Crippen molar-refractivity contribution in [2.75, 3.05) is 31.1 Å². The number of hydrogen-bond acceptors (Lipinski definition) is 4. The third-order valence-corrected chi connectivity index (χ3v) is 5.54. The average Bonchev–Trinajstić information content (AvgIpc) is 3.09. The van der Waals surface area contributed by atoms with Gasteiger partial charge in [-0.25, -0.2) is 4.39 Å². The lowest BCUT2D eigenvalue weighted by Gasteiger charge is -2.36. The molecule has 1 aromatic heterocycles. The highest BCUT2D eigenvalue weighted by molar-refractivity contribution is 7.71. The summed E-state index contributed by atoms with van der Waals surface area (Å²) in [5, 5.41) is 7.64. The van der Waals surface area contributed by atoms with Gasteiger partial charge in [0.05, 0.1) is 5.69 Å². The minimum atomic E-state index is -0.246. The lowest BCUT2D eigenvalue weighted by molar-refractivity contribution is -0.132. The summed E-state index contributed by atoms with van der Waals surface area (Å²) in [5.41, 5.74) is 1.39. The van der Waals surface area contributed by atoms with Crippen LogP contribution >= 0.6 is 23.8 Å². The van der Waals surface area contributed by atoms with Gasteiger partial charge < -0.3 is 9.80 Å². The van der Waals surface area contributed by atoms with Crippen LogP contribution in [-0.4, -0.2) is 51.8 Å². The number of carbonyl (C=O) groups excluding carboxylic acids is 1. The van der Waals surface area contributed by atoms with E-state index in [4.69, 9.17) is 23.8 Å².